The Balaban J connectivity index is 3.24. The zero-order valence-corrected chi connectivity index (χ0v) is 12.2. The maximum atomic E-state index is 11.1. The zero-order valence-electron chi connectivity index (χ0n) is 11.1. The predicted octanol–water partition coefficient (Wildman–Crippen LogP) is 3.04. The van der Waals surface area contributed by atoms with Gasteiger partial charge in [-0.3, -0.25) is 0 Å². The third-order valence-corrected chi connectivity index (χ3v) is 3.17. The highest BCUT2D eigenvalue weighted by Gasteiger charge is 2.19. The third kappa shape index (κ3) is 3.59. The Morgan fingerprint density at radius 1 is 1.29 bits per heavy atom. The summed E-state index contributed by atoms with van der Waals surface area (Å²) in [7, 11) is -1.30. The molecule has 0 saturated carbocycles. The maximum absolute atomic E-state index is 11.1. The molecule has 3 nitrogen and oxygen atoms in total. The van der Waals surface area contributed by atoms with Crippen molar-refractivity contribution in [2.45, 2.75) is 39.3 Å². The highest BCUT2D eigenvalue weighted by Crippen LogP contribution is 2.29. The molecule has 17 heavy (non-hydrogen) atoms. The minimum absolute atomic E-state index is 0.00627. The van der Waals surface area contributed by atoms with Crippen LogP contribution in [-0.4, -0.2) is 20.1 Å². The van der Waals surface area contributed by atoms with Crippen LogP contribution in [0, 0.1) is 0 Å². The van der Waals surface area contributed by atoms with Gasteiger partial charge in [0.05, 0.1) is 5.56 Å². The first-order chi connectivity index (χ1) is 7.71. The van der Waals surface area contributed by atoms with Crippen molar-refractivity contribution in [3.63, 3.8) is 0 Å². The lowest BCUT2D eigenvalue weighted by atomic mass is 9.86. The van der Waals surface area contributed by atoms with Crippen LogP contribution in [0.5, 0.6) is 5.75 Å². The minimum Gasteiger partial charge on any atom is -0.546 e. The maximum Gasteiger partial charge on any atom is 0.339 e. The number of hydrogen-bond donors (Lipinski definition) is 1. The summed E-state index contributed by atoms with van der Waals surface area (Å²) >= 11 is 0. The molecule has 0 saturated heterocycles. The van der Waals surface area contributed by atoms with Gasteiger partial charge in [-0.05, 0) is 36.2 Å². The van der Waals surface area contributed by atoms with Crippen molar-refractivity contribution in [1.82, 2.24) is 0 Å². The number of carboxylic acid groups (broad SMARTS) is 1. The number of carbonyl (C=O) groups is 1. The Labute approximate surface area is 104 Å². The second-order valence-corrected chi connectivity index (χ2v) is 7.77. The molecule has 1 aromatic carbocycles. The van der Waals surface area contributed by atoms with E-state index in [1.165, 1.54) is 0 Å². The summed E-state index contributed by atoms with van der Waals surface area (Å²) in [4.78, 5) is 11.1. The SMILES string of the molecule is C[SiH](C)Oc1cc(C(C)(C)C)ccc1C(=O)O. The van der Waals surface area contributed by atoms with E-state index in [2.05, 4.69) is 20.8 Å². The molecule has 0 aromatic heterocycles. The molecule has 0 atom stereocenters. The van der Waals surface area contributed by atoms with Crippen molar-refractivity contribution in [2.75, 3.05) is 0 Å². The average molecular weight is 252 g/mol. The Bertz CT molecular complexity index is 419. The Morgan fingerprint density at radius 2 is 1.88 bits per heavy atom. The molecule has 0 aliphatic carbocycles. The van der Waals surface area contributed by atoms with E-state index in [9.17, 15) is 4.79 Å². The standard InChI is InChI=1S/C13H20O3Si/c1-13(2,3)9-6-7-10(12(14)15)11(8-9)16-17(4)5/h6-8,17H,1-5H3,(H,14,15). The molecular formula is C13H20O3Si. The highest BCUT2D eigenvalue weighted by atomic mass is 28.3. The molecule has 1 aromatic rings. The summed E-state index contributed by atoms with van der Waals surface area (Å²) in [6, 6.07) is 5.35. The van der Waals surface area contributed by atoms with E-state index < -0.39 is 15.0 Å². The Hall–Kier alpha value is -1.29. The number of carboxylic acids is 1. The van der Waals surface area contributed by atoms with Crippen LogP contribution in [0.3, 0.4) is 0 Å². The van der Waals surface area contributed by atoms with Crippen molar-refractivity contribution in [3.8, 4) is 5.75 Å². The van der Waals surface area contributed by atoms with Crippen molar-refractivity contribution in [2.24, 2.45) is 0 Å². The van der Waals surface area contributed by atoms with Crippen molar-refractivity contribution >= 4 is 15.0 Å². The Kier molecular flexibility index (Phi) is 3.98. The topological polar surface area (TPSA) is 46.5 Å². The lowest BCUT2D eigenvalue weighted by Crippen LogP contribution is -2.17. The van der Waals surface area contributed by atoms with Gasteiger partial charge >= 0.3 is 5.97 Å². The highest BCUT2D eigenvalue weighted by molar-refractivity contribution is 6.49. The molecule has 4 heteroatoms. The Morgan fingerprint density at radius 3 is 2.29 bits per heavy atom. The van der Waals surface area contributed by atoms with E-state index in [4.69, 9.17) is 9.53 Å². The number of aromatic carboxylic acids is 1. The molecule has 0 heterocycles. The zero-order chi connectivity index (χ0) is 13.2. The average Bonchev–Trinajstić information content (AvgIpc) is 2.14. The molecule has 0 spiro atoms. The van der Waals surface area contributed by atoms with Gasteiger partial charge < -0.3 is 9.53 Å². The van der Waals surface area contributed by atoms with Crippen molar-refractivity contribution in [3.05, 3.63) is 29.3 Å². The van der Waals surface area contributed by atoms with Gasteiger partial charge in [-0.2, -0.15) is 0 Å². The summed E-state index contributed by atoms with van der Waals surface area (Å²) < 4.78 is 5.70. The molecule has 0 amide bonds. The van der Waals surface area contributed by atoms with Crippen molar-refractivity contribution in [1.29, 1.82) is 0 Å². The molecule has 0 aliphatic heterocycles. The minimum atomic E-state index is -1.30. The fraction of sp³-hybridized carbons (Fsp3) is 0.462. The lowest BCUT2D eigenvalue weighted by Gasteiger charge is -2.21. The van der Waals surface area contributed by atoms with E-state index in [-0.39, 0.29) is 11.0 Å². The first-order valence-corrected chi connectivity index (χ1v) is 8.54. The summed E-state index contributed by atoms with van der Waals surface area (Å²) in [5, 5.41) is 9.11. The van der Waals surface area contributed by atoms with Gasteiger partial charge in [0.15, 0.2) is 0 Å². The van der Waals surface area contributed by atoms with Crippen LogP contribution in [0.2, 0.25) is 13.1 Å². The monoisotopic (exact) mass is 252 g/mol. The van der Waals surface area contributed by atoms with E-state index in [0.717, 1.165) is 5.56 Å². The van der Waals surface area contributed by atoms with Gasteiger partial charge in [0.2, 0.25) is 9.04 Å². The molecule has 0 bridgehead atoms. The molecular weight excluding hydrogens is 232 g/mol. The normalized spacial score (nSPS) is 11.6. The van der Waals surface area contributed by atoms with E-state index in [1.807, 2.05) is 25.2 Å². The fourth-order valence-corrected chi connectivity index (χ4v) is 2.22. The van der Waals surface area contributed by atoms with Crippen molar-refractivity contribution < 1.29 is 14.3 Å². The van der Waals surface area contributed by atoms with Gasteiger partial charge in [-0.25, -0.2) is 4.79 Å². The fourth-order valence-electron chi connectivity index (χ4n) is 1.52. The molecule has 1 rings (SSSR count). The first-order valence-electron chi connectivity index (χ1n) is 5.76. The van der Waals surface area contributed by atoms with Crippen LogP contribution in [0.25, 0.3) is 0 Å². The summed E-state index contributed by atoms with van der Waals surface area (Å²) in [6.07, 6.45) is 0. The second-order valence-electron chi connectivity index (χ2n) is 5.43. The molecule has 0 fully saturated rings. The number of rotatable bonds is 3. The third-order valence-electron chi connectivity index (χ3n) is 2.44. The van der Waals surface area contributed by atoms with Crippen LogP contribution in [0.1, 0.15) is 36.7 Å². The summed E-state index contributed by atoms with van der Waals surface area (Å²) in [5.74, 6) is -0.429. The molecule has 94 valence electrons. The second kappa shape index (κ2) is 4.92. The summed E-state index contributed by atoms with van der Waals surface area (Å²) in [6.45, 7) is 10.3. The van der Waals surface area contributed by atoms with E-state index in [0.29, 0.717) is 5.75 Å². The van der Waals surface area contributed by atoms with E-state index >= 15 is 0 Å². The van der Waals surface area contributed by atoms with Crippen LogP contribution in [-0.2, 0) is 5.41 Å². The predicted molar refractivity (Wildman–Crippen MR) is 71.6 cm³/mol. The van der Waals surface area contributed by atoms with E-state index in [1.54, 1.807) is 6.07 Å². The quantitative estimate of drug-likeness (QED) is 0.841. The van der Waals surface area contributed by atoms with Gasteiger partial charge in [-0.15, -0.1) is 0 Å². The molecule has 0 aliphatic rings. The number of benzene rings is 1. The largest absolute Gasteiger partial charge is 0.546 e. The molecule has 0 radical (unpaired) electrons. The van der Waals surface area contributed by atoms with Crippen LogP contribution in [0.15, 0.2) is 18.2 Å². The van der Waals surface area contributed by atoms with Gasteiger partial charge in [0.1, 0.15) is 5.75 Å². The van der Waals surface area contributed by atoms with Gasteiger partial charge in [0, 0.05) is 0 Å². The first kappa shape index (κ1) is 13.8. The molecule has 0 unspecified atom stereocenters. The van der Waals surface area contributed by atoms with Gasteiger partial charge in [0.25, 0.3) is 0 Å². The van der Waals surface area contributed by atoms with Crippen LogP contribution in [0.4, 0.5) is 0 Å². The van der Waals surface area contributed by atoms with Gasteiger partial charge in [-0.1, -0.05) is 26.8 Å². The number of hydrogen-bond acceptors (Lipinski definition) is 2. The smallest absolute Gasteiger partial charge is 0.339 e. The van der Waals surface area contributed by atoms with Crippen LogP contribution >= 0.6 is 0 Å². The van der Waals surface area contributed by atoms with Crippen LogP contribution < -0.4 is 4.43 Å². The molecule has 1 N–H and O–H groups in total. The lowest BCUT2D eigenvalue weighted by molar-refractivity contribution is 0.0695. The summed E-state index contributed by atoms with van der Waals surface area (Å²) in [5.41, 5.74) is 1.33.